The Hall–Kier alpha value is -2.89. The molecule has 6 nitrogen and oxygen atoms in total. The van der Waals surface area contributed by atoms with E-state index in [9.17, 15) is 14.9 Å². The molecule has 0 saturated carbocycles. The molecule has 0 unspecified atom stereocenters. The van der Waals surface area contributed by atoms with Crippen molar-refractivity contribution >= 4 is 17.3 Å². The number of nitrogens with zero attached hydrogens (tertiary/aromatic N) is 1. The van der Waals surface area contributed by atoms with Crippen molar-refractivity contribution in [1.29, 1.82) is 0 Å². The molecule has 0 spiro atoms. The van der Waals surface area contributed by atoms with Crippen LogP contribution in [-0.4, -0.2) is 17.4 Å². The molecule has 6 heteroatoms. The second-order valence-electron chi connectivity index (χ2n) is 4.43. The van der Waals surface area contributed by atoms with Crippen molar-refractivity contribution in [3.63, 3.8) is 0 Å². The summed E-state index contributed by atoms with van der Waals surface area (Å²) < 4.78 is 5.21. The Morgan fingerprint density at radius 1 is 1.24 bits per heavy atom. The van der Waals surface area contributed by atoms with E-state index in [-0.39, 0.29) is 24.0 Å². The zero-order chi connectivity index (χ0) is 15.2. The van der Waals surface area contributed by atoms with E-state index in [1.807, 2.05) is 25.1 Å². The lowest BCUT2D eigenvalue weighted by atomic mass is 10.2. The lowest BCUT2D eigenvalue weighted by molar-refractivity contribution is -0.385. The van der Waals surface area contributed by atoms with Crippen LogP contribution in [0, 0.1) is 17.0 Å². The number of nitro groups is 1. The lowest BCUT2D eigenvalue weighted by Gasteiger charge is -2.08. The molecule has 108 valence electrons. The van der Waals surface area contributed by atoms with Gasteiger partial charge in [0.2, 0.25) is 0 Å². The van der Waals surface area contributed by atoms with Gasteiger partial charge >= 0.3 is 5.69 Å². The maximum absolute atomic E-state index is 11.8. The van der Waals surface area contributed by atoms with Crippen molar-refractivity contribution in [2.24, 2.45) is 0 Å². The Bertz CT molecular complexity index is 670. The van der Waals surface area contributed by atoms with E-state index in [1.165, 1.54) is 18.2 Å². The minimum atomic E-state index is -0.548. The number of hydrogen-bond donors (Lipinski definition) is 1. The van der Waals surface area contributed by atoms with Crippen LogP contribution in [0.1, 0.15) is 5.56 Å². The predicted octanol–water partition coefficient (Wildman–Crippen LogP) is 2.92. The number of carbonyl (C=O) groups excluding carboxylic acids is 1. The van der Waals surface area contributed by atoms with Crippen LogP contribution in [0.25, 0.3) is 0 Å². The maximum atomic E-state index is 11.8. The van der Waals surface area contributed by atoms with E-state index < -0.39 is 4.92 Å². The minimum Gasteiger partial charge on any atom is -0.477 e. The van der Waals surface area contributed by atoms with Crippen molar-refractivity contribution in [3.05, 3.63) is 64.2 Å². The molecule has 0 atom stereocenters. The molecule has 0 bridgehead atoms. The van der Waals surface area contributed by atoms with E-state index in [2.05, 4.69) is 5.32 Å². The van der Waals surface area contributed by atoms with Gasteiger partial charge in [0.15, 0.2) is 12.4 Å². The Balaban J connectivity index is 1.97. The van der Waals surface area contributed by atoms with Gasteiger partial charge in [0.25, 0.3) is 5.91 Å². The fourth-order valence-corrected chi connectivity index (χ4v) is 1.79. The molecule has 0 radical (unpaired) electrons. The third-order valence-electron chi connectivity index (χ3n) is 2.72. The normalized spacial score (nSPS) is 9.95. The number of ether oxygens (including phenoxy) is 1. The van der Waals surface area contributed by atoms with E-state index in [1.54, 1.807) is 12.1 Å². The highest BCUT2D eigenvalue weighted by molar-refractivity contribution is 5.92. The fraction of sp³-hybridized carbons (Fsp3) is 0.133. The summed E-state index contributed by atoms with van der Waals surface area (Å²) >= 11 is 0. The highest BCUT2D eigenvalue weighted by Gasteiger charge is 2.14. The van der Waals surface area contributed by atoms with E-state index >= 15 is 0 Å². The topological polar surface area (TPSA) is 81.5 Å². The van der Waals surface area contributed by atoms with Gasteiger partial charge in [-0.25, -0.2) is 0 Å². The molecule has 1 amide bonds. The highest BCUT2D eigenvalue weighted by atomic mass is 16.6. The predicted molar refractivity (Wildman–Crippen MR) is 78.4 cm³/mol. The molecule has 0 aliphatic rings. The van der Waals surface area contributed by atoms with Crippen LogP contribution in [0.4, 0.5) is 11.4 Å². The Morgan fingerprint density at radius 3 is 2.71 bits per heavy atom. The molecule has 0 aliphatic carbocycles. The van der Waals surface area contributed by atoms with Gasteiger partial charge in [-0.2, -0.15) is 0 Å². The van der Waals surface area contributed by atoms with E-state index in [4.69, 9.17) is 4.74 Å². The minimum absolute atomic E-state index is 0.0712. The quantitative estimate of drug-likeness (QED) is 0.676. The number of benzene rings is 2. The SMILES string of the molecule is Cc1cccc(NC(=O)COc2ccccc2[N+](=O)[O-])c1. The molecule has 0 fully saturated rings. The van der Waals surface area contributed by atoms with Gasteiger partial charge < -0.3 is 10.1 Å². The molecule has 2 aromatic carbocycles. The summed E-state index contributed by atoms with van der Waals surface area (Å²) in [5, 5.41) is 13.5. The largest absolute Gasteiger partial charge is 0.477 e. The Morgan fingerprint density at radius 2 is 2.00 bits per heavy atom. The van der Waals surface area contributed by atoms with Crippen LogP contribution >= 0.6 is 0 Å². The van der Waals surface area contributed by atoms with Crippen LogP contribution < -0.4 is 10.1 Å². The van der Waals surface area contributed by atoms with Crippen molar-refractivity contribution in [2.45, 2.75) is 6.92 Å². The average molecular weight is 286 g/mol. The van der Waals surface area contributed by atoms with Gasteiger partial charge in [0.1, 0.15) is 0 Å². The molecule has 21 heavy (non-hydrogen) atoms. The van der Waals surface area contributed by atoms with Crippen molar-refractivity contribution < 1.29 is 14.5 Å². The molecule has 0 aromatic heterocycles. The van der Waals surface area contributed by atoms with Crippen LogP contribution in [0.5, 0.6) is 5.75 Å². The summed E-state index contributed by atoms with van der Waals surface area (Å²) in [6, 6.07) is 13.3. The molecule has 2 aromatic rings. The number of aryl methyl sites for hydroxylation is 1. The first kappa shape index (κ1) is 14.5. The van der Waals surface area contributed by atoms with Gasteiger partial charge in [-0.1, -0.05) is 24.3 Å². The first-order chi connectivity index (χ1) is 10.1. The van der Waals surface area contributed by atoms with Gasteiger partial charge in [-0.05, 0) is 30.7 Å². The van der Waals surface area contributed by atoms with Crippen LogP contribution in [0.15, 0.2) is 48.5 Å². The number of amides is 1. The first-order valence-corrected chi connectivity index (χ1v) is 6.29. The van der Waals surface area contributed by atoms with Crippen molar-refractivity contribution in [1.82, 2.24) is 0 Å². The zero-order valence-corrected chi connectivity index (χ0v) is 11.4. The standard InChI is InChI=1S/C15H14N2O4/c1-11-5-4-6-12(9-11)16-15(18)10-21-14-8-3-2-7-13(14)17(19)20/h2-9H,10H2,1H3,(H,16,18). The summed E-state index contributed by atoms with van der Waals surface area (Å²) in [6.07, 6.45) is 0. The van der Waals surface area contributed by atoms with E-state index in [0.717, 1.165) is 5.56 Å². The molecule has 0 heterocycles. The number of para-hydroxylation sites is 2. The number of nitro benzene ring substituents is 1. The smallest absolute Gasteiger partial charge is 0.310 e. The van der Waals surface area contributed by atoms with Crippen molar-refractivity contribution in [3.8, 4) is 5.75 Å². The van der Waals surface area contributed by atoms with Crippen LogP contribution in [-0.2, 0) is 4.79 Å². The monoisotopic (exact) mass is 286 g/mol. The number of carbonyl (C=O) groups is 1. The second-order valence-corrected chi connectivity index (χ2v) is 4.43. The first-order valence-electron chi connectivity index (χ1n) is 6.29. The van der Waals surface area contributed by atoms with E-state index in [0.29, 0.717) is 5.69 Å². The summed E-state index contributed by atoms with van der Waals surface area (Å²) in [4.78, 5) is 22.0. The summed E-state index contributed by atoms with van der Waals surface area (Å²) in [6.45, 7) is 1.62. The summed E-state index contributed by atoms with van der Waals surface area (Å²) in [7, 11) is 0. The number of rotatable bonds is 5. The molecule has 1 N–H and O–H groups in total. The number of hydrogen-bond acceptors (Lipinski definition) is 4. The van der Waals surface area contributed by atoms with Crippen LogP contribution in [0.2, 0.25) is 0 Å². The number of nitrogens with one attached hydrogen (secondary N) is 1. The molecule has 2 rings (SSSR count). The summed E-state index contributed by atoms with van der Waals surface area (Å²) in [5.41, 5.74) is 1.51. The highest BCUT2D eigenvalue weighted by Crippen LogP contribution is 2.25. The van der Waals surface area contributed by atoms with Crippen molar-refractivity contribution in [2.75, 3.05) is 11.9 Å². The molecule has 0 saturated heterocycles. The zero-order valence-electron chi connectivity index (χ0n) is 11.4. The molecular formula is C15H14N2O4. The van der Waals surface area contributed by atoms with Gasteiger partial charge in [0.05, 0.1) is 4.92 Å². The van der Waals surface area contributed by atoms with Gasteiger partial charge in [-0.15, -0.1) is 0 Å². The fourth-order valence-electron chi connectivity index (χ4n) is 1.79. The number of anilines is 1. The average Bonchev–Trinajstić information content (AvgIpc) is 2.45. The third kappa shape index (κ3) is 4.04. The van der Waals surface area contributed by atoms with Crippen LogP contribution in [0.3, 0.4) is 0 Å². The Labute approximate surface area is 121 Å². The van der Waals surface area contributed by atoms with Gasteiger partial charge in [-0.3, -0.25) is 14.9 Å². The molecule has 0 aliphatic heterocycles. The third-order valence-corrected chi connectivity index (χ3v) is 2.72. The maximum Gasteiger partial charge on any atom is 0.310 e. The molecular weight excluding hydrogens is 272 g/mol. The Kier molecular flexibility index (Phi) is 4.50. The van der Waals surface area contributed by atoms with Gasteiger partial charge in [0, 0.05) is 11.8 Å². The summed E-state index contributed by atoms with van der Waals surface area (Å²) in [5.74, 6) is -0.305. The lowest BCUT2D eigenvalue weighted by Crippen LogP contribution is -2.20. The second kappa shape index (κ2) is 6.51.